The van der Waals surface area contributed by atoms with Crippen molar-refractivity contribution >= 4 is 23.5 Å². The van der Waals surface area contributed by atoms with Crippen LogP contribution in [0.15, 0.2) is 24.3 Å². The molecule has 0 saturated heterocycles. The Morgan fingerprint density at radius 2 is 1.34 bits per heavy atom. The smallest absolute Gasteiger partial charge is 0.340 e. The maximum atomic E-state index is 13.5. The second kappa shape index (κ2) is 14.9. The Morgan fingerprint density at radius 1 is 0.763 bits per heavy atom. The zero-order chi connectivity index (χ0) is 28.2. The first-order chi connectivity index (χ1) is 18.2. The van der Waals surface area contributed by atoms with Crippen molar-refractivity contribution in [2.75, 3.05) is 0 Å². The number of hydrogen-bond acceptors (Lipinski definition) is 8. The highest BCUT2D eigenvalue weighted by Gasteiger charge is 2.36. The predicted molar refractivity (Wildman–Crippen MR) is 143 cm³/mol. The van der Waals surface area contributed by atoms with Crippen LogP contribution in [0.3, 0.4) is 0 Å². The zero-order valence-corrected chi connectivity index (χ0v) is 22.7. The highest BCUT2D eigenvalue weighted by molar-refractivity contribution is 6.17. The molecule has 0 atom stereocenters. The first-order valence-electron chi connectivity index (χ1n) is 13.3. The molecule has 38 heavy (non-hydrogen) atoms. The minimum Gasteiger partial charge on any atom is -0.504 e. The number of rotatable bonds is 15. The summed E-state index contributed by atoms with van der Waals surface area (Å²) in [4.78, 5) is 52.6. The maximum absolute atomic E-state index is 13.5. The van der Waals surface area contributed by atoms with Crippen molar-refractivity contribution in [2.45, 2.75) is 92.1 Å². The Bertz CT molecular complexity index is 1170. The summed E-state index contributed by atoms with van der Waals surface area (Å²) < 4.78 is 10.9. The number of ketones is 2. The average Bonchev–Trinajstić information content (AvgIpc) is 2.90. The number of carbonyl (C=O) groups is 4. The zero-order valence-electron chi connectivity index (χ0n) is 22.7. The van der Waals surface area contributed by atoms with Gasteiger partial charge in [0.05, 0.1) is 16.7 Å². The topological polar surface area (TPSA) is 127 Å². The molecule has 0 saturated carbocycles. The predicted octanol–water partition coefficient (Wildman–Crippen LogP) is 6.60. The van der Waals surface area contributed by atoms with Crippen molar-refractivity contribution < 1.29 is 38.9 Å². The van der Waals surface area contributed by atoms with Crippen LogP contribution in [0.5, 0.6) is 17.2 Å². The number of aromatic hydroxyl groups is 2. The Morgan fingerprint density at radius 3 is 1.92 bits per heavy atom. The lowest BCUT2D eigenvalue weighted by atomic mass is 9.90. The van der Waals surface area contributed by atoms with Crippen molar-refractivity contribution in [2.24, 2.45) is 0 Å². The van der Waals surface area contributed by atoms with Crippen LogP contribution in [0, 0.1) is 6.92 Å². The van der Waals surface area contributed by atoms with Gasteiger partial charge in [0.2, 0.25) is 5.75 Å². The van der Waals surface area contributed by atoms with Gasteiger partial charge in [-0.15, -0.1) is 0 Å². The number of hydrogen-bond donors (Lipinski definition) is 2. The molecule has 0 fully saturated rings. The molecule has 0 bridgehead atoms. The van der Waals surface area contributed by atoms with Gasteiger partial charge in [0.25, 0.3) is 0 Å². The number of aryl methyl sites for hydroxylation is 1. The monoisotopic (exact) mass is 526 g/mol. The third kappa shape index (κ3) is 7.91. The fourth-order valence-corrected chi connectivity index (χ4v) is 3.98. The summed E-state index contributed by atoms with van der Waals surface area (Å²) in [5, 5.41) is 21.7. The summed E-state index contributed by atoms with van der Waals surface area (Å²) in [7, 11) is 0. The highest BCUT2D eigenvalue weighted by Crippen LogP contribution is 2.46. The molecule has 0 aliphatic carbocycles. The lowest BCUT2D eigenvalue weighted by Gasteiger charge is -2.20. The average molecular weight is 527 g/mol. The van der Waals surface area contributed by atoms with E-state index in [0.717, 1.165) is 5.56 Å². The minimum atomic E-state index is -1.03. The molecule has 8 nitrogen and oxygen atoms in total. The van der Waals surface area contributed by atoms with Gasteiger partial charge in [-0.05, 0) is 31.7 Å². The van der Waals surface area contributed by atoms with E-state index in [1.807, 2.05) is 39.8 Å². The molecule has 2 aromatic carbocycles. The van der Waals surface area contributed by atoms with Gasteiger partial charge in [0, 0.05) is 19.3 Å². The van der Waals surface area contributed by atoms with Gasteiger partial charge >= 0.3 is 11.9 Å². The summed E-state index contributed by atoms with van der Waals surface area (Å²) >= 11 is 0. The summed E-state index contributed by atoms with van der Waals surface area (Å²) in [5.41, 5.74) is 0.220. The molecule has 8 heteroatoms. The molecule has 0 amide bonds. The van der Waals surface area contributed by atoms with Crippen molar-refractivity contribution in [3.05, 3.63) is 52.1 Å². The summed E-state index contributed by atoms with van der Waals surface area (Å²) in [6.45, 7) is 7.37. The molecule has 0 aromatic heterocycles. The van der Waals surface area contributed by atoms with Crippen LogP contribution in [0.2, 0.25) is 0 Å². The summed E-state index contributed by atoms with van der Waals surface area (Å²) in [6.07, 6.45) is 3.41. The number of ether oxygens (including phenoxy) is 2. The molecule has 2 aromatic rings. The first kappa shape index (κ1) is 30.5. The number of esters is 2. The number of phenolic OH excluding ortho intramolecular Hbond substituents is 2. The summed E-state index contributed by atoms with van der Waals surface area (Å²) in [6, 6.07) is 7.27. The lowest BCUT2D eigenvalue weighted by molar-refractivity contribution is -0.134. The van der Waals surface area contributed by atoms with E-state index in [2.05, 4.69) is 0 Å². The molecule has 0 radical (unpaired) electrons. The largest absolute Gasteiger partial charge is 0.504 e. The SMILES string of the molecule is CCCCC(=O)Oc1c(O)c(O)c(C(=O)CCCC)c(C(=O)OCc2cccc(C)c2)c1C(=O)CCCC. The van der Waals surface area contributed by atoms with E-state index >= 15 is 0 Å². The minimum absolute atomic E-state index is 0.00358. The van der Waals surface area contributed by atoms with E-state index in [-0.39, 0.29) is 25.9 Å². The molecule has 2 rings (SSSR count). The molecular weight excluding hydrogens is 488 g/mol. The molecule has 206 valence electrons. The molecule has 0 heterocycles. The van der Waals surface area contributed by atoms with Gasteiger partial charge in [-0.25, -0.2) is 4.79 Å². The van der Waals surface area contributed by atoms with Gasteiger partial charge in [-0.2, -0.15) is 0 Å². The van der Waals surface area contributed by atoms with Crippen LogP contribution in [0.25, 0.3) is 0 Å². The normalized spacial score (nSPS) is 10.7. The van der Waals surface area contributed by atoms with Gasteiger partial charge in [0.15, 0.2) is 23.1 Å². The third-order valence-corrected chi connectivity index (χ3v) is 6.08. The van der Waals surface area contributed by atoms with Gasteiger partial charge in [-0.3, -0.25) is 14.4 Å². The molecule has 0 unspecified atom stereocenters. The molecular formula is C30H38O8. The fourth-order valence-electron chi connectivity index (χ4n) is 3.98. The molecule has 2 N–H and O–H groups in total. The van der Waals surface area contributed by atoms with E-state index in [1.54, 1.807) is 12.1 Å². The second-order valence-electron chi connectivity index (χ2n) is 9.35. The van der Waals surface area contributed by atoms with Crippen LogP contribution in [0.4, 0.5) is 0 Å². The second-order valence-corrected chi connectivity index (χ2v) is 9.35. The Balaban J connectivity index is 2.73. The molecule has 0 aliphatic heterocycles. The summed E-state index contributed by atoms with van der Waals surface area (Å²) in [5.74, 6) is -5.48. The maximum Gasteiger partial charge on any atom is 0.340 e. The van der Waals surface area contributed by atoms with Gasteiger partial charge < -0.3 is 19.7 Å². The number of carbonyl (C=O) groups excluding carboxylic acids is 4. The van der Waals surface area contributed by atoms with Crippen LogP contribution in [0.1, 0.15) is 121 Å². The molecule has 0 spiro atoms. The van der Waals surface area contributed by atoms with Gasteiger partial charge in [0.1, 0.15) is 6.61 Å². The standard InChI is InChI=1S/C30H38O8/c1-5-8-14-21(31)24-26(30(36)37-18-20-13-11-12-19(4)17-20)25(22(32)15-9-6-2)29(28(35)27(24)34)38-23(33)16-10-7-3/h11-13,17,34-35H,5-10,14-16,18H2,1-4H3. The number of unbranched alkanes of at least 4 members (excludes halogenated alkanes) is 3. The third-order valence-electron chi connectivity index (χ3n) is 6.08. The van der Waals surface area contributed by atoms with Crippen LogP contribution in [-0.2, 0) is 16.1 Å². The number of Topliss-reactive ketones (excluding diaryl/α,β-unsaturated/α-hetero) is 2. The quantitative estimate of drug-likeness (QED) is 0.115. The van der Waals surface area contributed by atoms with Crippen molar-refractivity contribution in [1.29, 1.82) is 0 Å². The van der Waals surface area contributed by atoms with Gasteiger partial charge in [-0.1, -0.05) is 69.9 Å². The van der Waals surface area contributed by atoms with E-state index < -0.39 is 57.4 Å². The van der Waals surface area contributed by atoms with E-state index in [0.29, 0.717) is 44.1 Å². The Labute approximate surface area is 224 Å². The number of benzene rings is 2. The van der Waals surface area contributed by atoms with Crippen LogP contribution >= 0.6 is 0 Å². The fraction of sp³-hybridized carbons (Fsp3) is 0.467. The van der Waals surface area contributed by atoms with Crippen molar-refractivity contribution in [3.8, 4) is 17.2 Å². The van der Waals surface area contributed by atoms with E-state index in [1.165, 1.54) is 0 Å². The number of phenols is 2. The van der Waals surface area contributed by atoms with E-state index in [9.17, 15) is 29.4 Å². The Kier molecular flexibility index (Phi) is 12.0. The highest BCUT2D eigenvalue weighted by atomic mass is 16.5. The van der Waals surface area contributed by atoms with Crippen LogP contribution < -0.4 is 4.74 Å². The van der Waals surface area contributed by atoms with Crippen molar-refractivity contribution in [1.82, 2.24) is 0 Å². The van der Waals surface area contributed by atoms with Crippen LogP contribution in [-0.4, -0.2) is 33.7 Å². The first-order valence-corrected chi connectivity index (χ1v) is 13.3. The van der Waals surface area contributed by atoms with E-state index in [4.69, 9.17) is 9.47 Å². The Hall–Kier alpha value is -3.68. The van der Waals surface area contributed by atoms with Crippen molar-refractivity contribution in [3.63, 3.8) is 0 Å². The lowest BCUT2D eigenvalue weighted by Crippen LogP contribution is -2.21. The molecule has 0 aliphatic rings.